The minimum Gasteiger partial charge on any atom is -0.392 e. The number of fused-ring (bicyclic) bond motifs is 1. The predicted molar refractivity (Wildman–Crippen MR) is 87.6 cm³/mol. The molecule has 3 aliphatic rings. The Bertz CT molecular complexity index is 621. The Morgan fingerprint density at radius 1 is 1.42 bits per heavy atom. The maximum Gasteiger partial charge on any atom is 0.274 e. The summed E-state index contributed by atoms with van der Waals surface area (Å²) in [5, 5.41) is 17.6. The van der Waals surface area contributed by atoms with Crippen LogP contribution < -0.4 is 5.73 Å². The number of carbonyl (C=O) groups excluding carboxylic acids is 1. The van der Waals surface area contributed by atoms with E-state index in [1.807, 2.05) is 4.90 Å². The number of piperidine rings is 1. The topological polar surface area (TPSA) is 104 Å². The number of hydrogen-bond donors (Lipinski definition) is 3. The van der Waals surface area contributed by atoms with Crippen molar-refractivity contribution < 1.29 is 14.6 Å². The summed E-state index contributed by atoms with van der Waals surface area (Å²) >= 11 is 0. The van der Waals surface area contributed by atoms with Crippen molar-refractivity contribution in [2.45, 2.75) is 50.7 Å². The quantitative estimate of drug-likeness (QED) is 0.731. The summed E-state index contributed by atoms with van der Waals surface area (Å²) in [5.74, 6) is 0.0255. The number of aliphatic hydroxyl groups excluding tert-OH is 1. The summed E-state index contributed by atoms with van der Waals surface area (Å²) < 4.78 is 5.81. The highest BCUT2D eigenvalue weighted by atomic mass is 16.5. The molecule has 0 unspecified atom stereocenters. The molecular formula is C17H26N4O3. The highest BCUT2D eigenvalue weighted by molar-refractivity contribution is 5.94. The van der Waals surface area contributed by atoms with Crippen molar-refractivity contribution in [2.75, 3.05) is 26.2 Å². The van der Waals surface area contributed by atoms with Crippen LogP contribution in [0, 0.1) is 5.41 Å². The Hall–Kier alpha value is -1.44. The zero-order valence-corrected chi connectivity index (χ0v) is 14.0. The molecule has 1 amide bonds. The van der Waals surface area contributed by atoms with Crippen LogP contribution in [0.4, 0.5) is 0 Å². The average Bonchev–Trinajstić information content (AvgIpc) is 3.21. The fraction of sp³-hybridized carbons (Fsp3) is 0.765. The maximum atomic E-state index is 12.8. The molecule has 0 radical (unpaired) electrons. The summed E-state index contributed by atoms with van der Waals surface area (Å²) in [6.07, 6.45) is 5.02. The molecule has 1 spiro atoms. The van der Waals surface area contributed by atoms with Gasteiger partial charge in [0.25, 0.3) is 5.91 Å². The second-order valence-corrected chi connectivity index (χ2v) is 7.31. The molecule has 7 heteroatoms. The van der Waals surface area contributed by atoms with Crippen LogP contribution in [0.15, 0.2) is 0 Å². The van der Waals surface area contributed by atoms with Crippen molar-refractivity contribution in [1.82, 2.24) is 15.1 Å². The zero-order chi connectivity index (χ0) is 16.7. The second kappa shape index (κ2) is 6.13. The first kappa shape index (κ1) is 16.1. The third kappa shape index (κ3) is 2.37. The van der Waals surface area contributed by atoms with Gasteiger partial charge in [-0.05, 0) is 32.1 Å². The lowest BCUT2D eigenvalue weighted by Crippen LogP contribution is -2.63. The lowest BCUT2D eigenvalue weighted by Gasteiger charge is -2.56. The van der Waals surface area contributed by atoms with Gasteiger partial charge in [-0.2, -0.15) is 5.10 Å². The number of aromatic nitrogens is 2. The van der Waals surface area contributed by atoms with Gasteiger partial charge in [0, 0.05) is 42.7 Å². The van der Waals surface area contributed by atoms with Crippen LogP contribution in [0.1, 0.15) is 47.4 Å². The smallest absolute Gasteiger partial charge is 0.274 e. The van der Waals surface area contributed by atoms with E-state index in [0.29, 0.717) is 38.4 Å². The highest BCUT2D eigenvalue weighted by Gasteiger charge is 2.56. The number of aryl methyl sites for hydroxylation is 1. The van der Waals surface area contributed by atoms with Gasteiger partial charge in [-0.3, -0.25) is 9.89 Å². The van der Waals surface area contributed by atoms with Crippen LogP contribution in [-0.2, 0) is 17.6 Å². The van der Waals surface area contributed by atoms with E-state index in [9.17, 15) is 9.90 Å². The van der Waals surface area contributed by atoms with Gasteiger partial charge >= 0.3 is 0 Å². The normalized spacial score (nSPS) is 28.0. The zero-order valence-electron chi connectivity index (χ0n) is 14.0. The number of aliphatic hydroxyl groups is 1. The van der Waals surface area contributed by atoms with Crippen LogP contribution in [0.25, 0.3) is 0 Å². The number of carbonyl (C=O) groups is 1. The monoisotopic (exact) mass is 334 g/mol. The molecule has 132 valence electrons. The van der Waals surface area contributed by atoms with E-state index in [0.717, 1.165) is 43.4 Å². The third-order valence-electron chi connectivity index (χ3n) is 6.17. The van der Waals surface area contributed by atoms with Gasteiger partial charge in [0.2, 0.25) is 0 Å². The molecule has 2 atom stereocenters. The van der Waals surface area contributed by atoms with Crippen molar-refractivity contribution in [1.29, 1.82) is 0 Å². The number of likely N-dealkylation sites (tertiary alicyclic amines) is 1. The third-order valence-corrected chi connectivity index (χ3v) is 6.17. The van der Waals surface area contributed by atoms with Gasteiger partial charge in [0.05, 0.1) is 18.8 Å². The van der Waals surface area contributed by atoms with E-state index < -0.39 is 0 Å². The van der Waals surface area contributed by atoms with E-state index in [-0.39, 0.29) is 23.5 Å². The molecule has 4 rings (SSSR count). The van der Waals surface area contributed by atoms with Crippen LogP contribution in [0.3, 0.4) is 0 Å². The number of rotatable bonds is 4. The van der Waals surface area contributed by atoms with Crippen LogP contribution in [-0.4, -0.2) is 64.6 Å². The number of H-pyrrole nitrogens is 1. The largest absolute Gasteiger partial charge is 0.392 e. The first-order valence-corrected chi connectivity index (χ1v) is 9.01. The first-order chi connectivity index (χ1) is 11.7. The van der Waals surface area contributed by atoms with Crippen molar-refractivity contribution in [2.24, 2.45) is 11.1 Å². The molecule has 0 bridgehead atoms. The van der Waals surface area contributed by atoms with Gasteiger partial charge in [-0.1, -0.05) is 0 Å². The van der Waals surface area contributed by atoms with Crippen LogP contribution in [0.5, 0.6) is 0 Å². The molecule has 4 N–H and O–H groups in total. The summed E-state index contributed by atoms with van der Waals surface area (Å²) in [6.45, 7) is 2.33. The molecule has 1 aromatic rings. The van der Waals surface area contributed by atoms with Crippen LogP contribution >= 0.6 is 0 Å². The predicted octanol–water partition coefficient (Wildman–Crippen LogP) is 0.229. The van der Waals surface area contributed by atoms with Crippen molar-refractivity contribution in [3.63, 3.8) is 0 Å². The van der Waals surface area contributed by atoms with Crippen molar-refractivity contribution in [3.8, 4) is 0 Å². The van der Waals surface area contributed by atoms with E-state index in [1.165, 1.54) is 0 Å². The second-order valence-electron chi connectivity index (χ2n) is 7.31. The fourth-order valence-corrected chi connectivity index (χ4v) is 4.60. The van der Waals surface area contributed by atoms with E-state index in [4.69, 9.17) is 10.5 Å². The van der Waals surface area contributed by atoms with E-state index in [1.54, 1.807) is 0 Å². The molecule has 2 aliphatic carbocycles. The molecular weight excluding hydrogens is 308 g/mol. The lowest BCUT2D eigenvalue weighted by atomic mass is 9.58. The molecule has 1 saturated carbocycles. The summed E-state index contributed by atoms with van der Waals surface area (Å²) in [5.41, 5.74) is 8.15. The number of ether oxygens (including phenoxy) is 1. The number of nitrogens with one attached hydrogen (secondary N) is 1. The number of nitrogens with zero attached hydrogens (tertiary/aromatic N) is 2. The molecule has 7 nitrogen and oxygen atoms in total. The molecule has 1 aromatic heterocycles. The SMILES string of the molecule is NCCO[C@H]1C[C@@H](O)C12CCN(C(=O)c1n[nH]c3c1CCC3)CC2. The Balaban J connectivity index is 1.41. The Kier molecular flexibility index (Phi) is 4.10. The molecule has 2 fully saturated rings. The summed E-state index contributed by atoms with van der Waals surface area (Å²) in [7, 11) is 0. The number of amides is 1. The number of aromatic amines is 1. The molecule has 1 saturated heterocycles. The van der Waals surface area contributed by atoms with Gasteiger partial charge in [0.15, 0.2) is 5.69 Å². The fourth-order valence-electron chi connectivity index (χ4n) is 4.60. The Morgan fingerprint density at radius 2 is 2.21 bits per heavy atom. The average molecular weight is 334 g/mol. The molecule has 24 heavy (non-hydrogen) atoms. The van der Waals surface area contributed by atoms with Gasteiger partial charge in [-0.15, -0.1) is 0 Å². The van der Waals surface area contributed by atoms with Gasteiger partial charge < -0.3 is 20.5 Å². The minimum absolute atomic E-state index is 0.0255. The van der Waals surface area contributed by atoms with Crippen LogP contribution in [0.2, 0.25) is 0 Å². The highest BCUT2D eigenvalue weighted by Crippen LogP contribution is 2.51. The summed E-state index contributed by atoms with van der Waals surface area (Å²) in [4.78, 5) is 14.7. The first-order valence-electron chi connectivity index (χ1n) is 9.01. The lowest BCUT2D eigenvalue weighted by molar-refractivity contribution is -0.208. The standard InChI is InChI=1S/C17H26N4O3/c18-6-9-24-14-10-13(22)17(14)4-7-21(8-5-17)16(23)15-11-2-1-3-12(11)19-20-15/h13-14,22H,1-10,18H2,(H,19,20)/t13-,14+/m1/s1. The Labute approximate surface area is 141 Å². The van der Waals surface area contributed by atoms with E-state index in [2.05, 4.69) is 10.2 Å². The van der Waals surface area contributed by atoms with Gasteiger partial charge in [0.1, 0.15) is 0 Å². The Morgan fingerprint density at radius 3 is 2.92 bits per heavy atom. The number of nitrogens with two attached hydrogens (primary N) is 1. The summed E-state index contributed by atoms with van der Waals surface area (Å²) in [6, 6.07) is 0. The van der Waals surface area contributed by atoms with Gasteiger partial charge in [-0.25, -0.2) is 0 Å². The number of hydrogen-bond acceptors (Lipinski definition) is 5. The van der Waals surface area contributed by atoms with Crippen molar-refractivity contribution in [3.05, 3.63) is 17.0 Å². The van der Waals surface area contributed by atoms with E-state index >= 15 is 0 Å². The maximum absolute atomic E-state index is 12.8. The minimum atomic E-state index is -0.327. The molecule has 2 heterocycles. The molecule has 0 aromatic carbocycles. The van der Waals surface area contributed by atoms with Crippen molar-refractivity contribution >= 4 is 5.91 Å². The molecule has 1 aliphatic heterocycles.